The van der Waals surface area contributed by atoms with Gasteiger partial charge in [-0.25, -0.2) is 0 Å². The van der Waals surface area contributed by atoms with Crippen LogP contribution in [0.1, 0.15) is 13.8 Å². The molecule has 0 bridgehead atoms. The Hall–Kier alpha value is -1.20. The summed E-state index contributed by atoms with van der Waals surface area (Å²) in [6, 6.07) is 4.21. The van der Waals surface area contributed by atoms with E-state index >= 15 is 0 Å². The van der Waals surface area contributed by atoms with Gasteiger partial charge in [-0.05, 0) is 41.9 Å². The topological polar surface area (TPSA) is 47.0 Å². The summed E-state index contributed by atoms with van der Waals surface area (Å²) < 4.78 is 6.33. The average molecular weight is 310 g/mol. The van der Waals surface area contributed by atoms with E-state index in [0.29, 0.717) is 6.61 Å². The first kappa shape index (κ1) is 13.2. The molecule has 5 heteroatoms. The molecule has 96 valence electrons. The monoisotopic (exact) mass is 309 g/mol. The lowest BCUT2D eigenvalue weighted by molar-refractivity contribution is 0.141. The third-order valence-electron chi connectivity index (χ3n) is 2.55. The number of nitrogens with zero attached hydrogens (tertiary/aromatic N) is 2. The summed E-state index contributed by atoms with van der Waals surface area (Å²) in [7, 11) is 0. The lowest BCUT2D eigenvalue weighted by atomic mass is 10.2. The van der Waals surface area contributed by atoms with Crippen LogP contribution >= 0.6 is 15.9 Å². The zero-order valence-electron chi connectivity index (χ0n) is 10.5. The van der Waals surface area contributed by atoms with Crippen LogP contribution in [0.25, 0.3) is 11.0 Å². The van der Waals surface area contributed by atoms with Crippen LogP contribution in [0.2, 0.25) is 0 Å². The number of rotatable bonds is 5. The molecule has 4 nitrogen and oxygen atoms in total. The number of anilines is 1. The Morgan fingerprint density at radius 2 is 2.11 bits per heavy atom. The van der Waals surface area contributed by atoms with Crippen LogP contribution in [0.15, 0.2) is 29.0 Å². The Balaban J connectivity index is 2.21. The average Bonchev–Trinajstić information content (AvgIpc) is 2.40. The highest BCUT2D eigenvalue weighted by Gasteiger charge is 2.09. The summed E-state index contributed by atoms with van der Waals surface area (Å²) in [6.07, 6.45) is 3.39. The van der Waals surface area contributed by atoms with E-state index in [-0.39, 0.29) is 6.04 Å². The van der Waals surface area contributed by atoms with Crippen molar-refractivity contribution in [3.8, 4) is 0 Å². The molecule has 2 rings (SSSR count). The predicted octanol–water partition coefficient (Wildman–Crippen LogP) is 3.23. The quantitative estimate of drug-likeness (QED) is 0.921. The first-order chi connectivity index (χ1) is 8.72. The van der Waals surface area contributed by atoms with Crippen LogP contribution in [0.4, 0.5) is 5.69 Å². The number of halogens is 1. The van der Waals surface area contributed by atoms with Gasteiger partial charge < -0.3 is 10.1 Å². The molecule has 1 N–H and O–H groups in total. The highest BCUT2D eigenvalue weighted by atomic mass is 79.9. The fraction of sp³-hybridized carbons (Fsp3) is 0.385. The number of benzene rings is 1. The largest absolute Gasteiger partial charge is 0.380 e. The van der Waals surface area contributed by atoms with Gasteiger partial charge in [0.2, 0.25) is 0 Å². The molecule has 1 aromatic carbocycles. The van der Waals surface area contributed by atoms with Gasteiger partial charge in [0.15, 0.2) is 0 Å². The van der Waals surface area contributed by atoms with Crippen molar-refractivity contribution >= 4 is 32.7 Å². The van der Waals surface area contributed by atoms with Crippen molar-refractivity contribution < 1.29 is 4.74 Å². The van der Waals surface area contributed by atoms with E-state index in [0.717, 1.165) is 27.8 Å². The van der Waals surface area contributed by atoms with Crippen molar-refractivity contribution in [2.75, 3.05) is 18.5 Å². The maximum absolute atomic E-state index is 5.39. The molecule has 0 spiro atoms. The molecule has 0 aliphatic rings. The predicted molar refractivity (Wildman–Crippen MR) is 76.8 cm³/mol. The lowest BCUT2D eigenvalue weighted by Crippen LogP contribution is -2.21. The fourth-order valence-electron chi connectivity index (χ4n) is 1.72. The summed E-state index contributed by atoms with van der Waals surface area (Å²) in [5.74, 6) is 0. The van der Waals surface area contributed by atoms with E-state index in [1.165, 1.54) is 0 Å². The maximum Gasteiger partial charge on any atom is 0.105 e. The fourth-order valence-corrected chi connectivity index (χ4v) is 2.27. The van der Waals surface area contributed by atoms with Crippen molar-refractivity contribution in [3.63, 3.8) is 0 Å². The smallest absolute Gasteiger partial charge is 0.105 e. The molecule has 0 aliphatic carbocycles. The Kier molecular flexibility index (Phi) is 4.49. The zero-order chi connectivity index (χ0) is 13.0. The molecular weight excluding hydrogens is 294 g/mol. The number of hydrogen-bond donors (Lipinski definition) is 1. The van der Waals surface area contributed by atoms with Gasteiger partial charge in [0.1, 0.15) is 5.52 Å². The Morgan fingerprint density at radius 3 is 2.89 bits per heavy atom. The maximum atomic E-state index is 5.39. The summed E-state index contributed by atoms with van der Waals surface area (Å²) in [5, 5.41) is 3.40. The highest BCUT2D eigenvalue weighted by Crippen LogP contribution is 2.29. The molecule has 0 saturated heterocycles. The molecule has 1 atom stereocenters. The normalized spacial score (nSPS) is 12.6. The number of ether oxygens (including phenoxy) is 1. The standard InChI is InChI=1S/C13H16BrN3O/c1-3-18-8-9(2)17-10-4-5-11-13(12(10)14)16-7-6-15-11/h4-7,9,17H,3,8H2,1-2H3. The van der Waals surface area contributed by atoms with Gasteiger partial charge in [-0.3, -0.25) is 9.97 Å². The molecule has 2 aromatic rings. The second-order valence-corrected chi connectivity index (χ2v) is 4.85. The minimum Gasteiger partial charge on any atom is -0.380 e. The molecule has 0 amide bonds. The first-order valence-corrected chi connectivity index (χ1v) is 6.75. The van der Waals surface area contributed by atoms with Crippen molar-refractivity contribution in [2.24, 2.45) is 0 Å². The van der Waals surface area contributed by atoms with Crippen molar-refractivity contribution in [1.82, 2.24) is 9.97 Å². The lowest BCUT2D eigenvalue weighted by Gasteiger charge is -2.16. The van der Waals surface area contributed by atoms with Crippen LogP contribution in [-0.2, 0) is 4.74 Å². The number of aromatic nitrogens is 2. The summed E-state index contributed by atoms with van der Waals surface area (Å²) in [6.45, 7) is 5.50. The van der Waals surface area contributed by atoms with Crippen LogP contribution in [0.3, 0.4) is 0 Å². The summed E-state index contributed by atoms with van der Waals surface area (Å²) in [4.78, 5) is 8.60. The Labute approximate surface area is 115 Å². The van der Waals surface area contributed by atoms with Gasteiger partial charge in [-0.2, -0.15) is 0 Å². The third kappa shape index (κ3) is 2.97. The molecular formula is C13H16BrN3O. The molecule has 0 fully saturated rings. The van der Waals surface area contributed by atoms with E-state index < -0.39 is 0 Å². The Bertz CT molecular complexity index is 533. The van der Waals surface area contributed by atoms with Crippen LogP contribution in [-0.4, -0.2) is 29.2 Å². The second kappa shape index (κ2) is 6.11. The molecule has 0 aliphatic heterocycles. The molecule has 1 aromatic heterocycles. The molecule has 0 saturated carbocycles. The van der Waals surface area contributed by atoms with Crippen LogP contribution in [0, 0.1) is 0 Å². The molecule has 18 heavy (non-hydrogen) atoms. The second-order valence-electron chi connectivity index (χ2n) is 4.06. The number of hydrogen-bond acceptors (Lipinski definition) is 4. The van der Waals surface area contributed by atoms with E-state index in [1.54, 1.807) is 12.4 Å². The molecule has 0 radical (unpaired) electrons. The van der Waals surface area contributed by atoms with Gasteiger partial charge in [0.25, 0.3) is 0 Å². The third-order valence-corrected chi connectivity index (χ3v) is 3.36. The van der Waals surface area contributed by atoms with Gasteiger partial charge in [-0.15, -0.1) is 0 Å². The van der Waals surface area contributed by atoms with Crippen molar-refractivity contribution in [2.45, 2.75) is 19.9 Å². The zero-order valence-corrected chi connectivity index (χ0v) is 12.1. The summed E-state index contributed by atoms with van der Waals surface area (Å²) in [5.41, 5.74) is 2.76. The van der Waals surface area contributed by atoms with E-state index in [4.69, 9.17) is 4.74 Å². The van der Waals surface area contributed by atoms with Crippen molar-refractivity contribution in [1.29, 1.82) is 0 Å². The van der Waals surface area contributed by atoms with Gasteiger partial charge in [0.05, 0.1) is 22.3 Å². The van der Waals surface area contributed by atoms with Gasteiger partial charge >= 0.3 is 0 Å². The minimum atomic E-state index is 0.246. The van der Waals surface area contributed by atoms with Crippen LogP contribution < -0.4 is 5.32 Å². The SMILES string of the molecule is CCOCC(C)Nc1ccc2nccnc2c1Br. The van der Waals surface area contributed by atoms with Gasteiger partial charge in [-0.1, -0.05) is 0 Å². The number of nitrogens with one attached hydrogen (secondary N) is 1. The summed E-state index contributed by atoms with van der Waals surface area (Å²) >= 11 is 3.57. The Morgan fingerprint density at radius 1 is 1.33 bits per heavy atom. The van der Waals surface area contributed by atoms with Gasteiger partial charge in [0, 0.05) is 25.0 Å². The van der Waals surface area contributed by atoms with E-state index in [1.807, 2.05) is 19.1 Å². The first-order valence-electron chi connectivity index (χ1n) is 5.96. The minimum absolute atomic E-state index is 0.246. The molecule has 1 unspecified atom stereocenters. The van der Waals surface area contributed by atoms with E-state index in [2.05, 4.69) is 38.1 Å². The highest BCUT2D eigenvalue weighted by molar-refractivity contribution is 9.10. The molecule has 1 heterocycles. The van der Waals surface area contributed by atoms with E-state index in [9.17, 15) is 0 Å². The number of fused-ring (bicyclic) bond motifs is 1. The van der Waals surface area contributed by atoms with Crippen molar-refractivity contribution in [3.05, 3.63) is 29.0 Å². The van der Waals surface area contributed by atoms with Crippen LogP contribution in [0.5, 0.6) is 0 Å².